The van der Waals surface area contributed by atoms with Crippen LogP contribution in [0.4, 0.5) is 4.39 Å². The van der Waals surface area contributed by atoms with E-state index in [0.29, 0.717) is 0 Å². The Bertz CT molecular complexity index is 368. The molecule has 0 saturated heterocycles. The molecule has 1 nitrogen and oxygen atoms in total. The first-order chi connectivity index (χ1) is 6.22. The Labute approximate surface area is 76.5 Å². The summed E-state index contributed by atoms with van der Waals surface area (Å²) in [4.78, 5) is 0. The monoisotopic (exact) mass is 178 g/mol. The van der Waals surface area contributed by atoms with Gasteiger partial charge in [-0.25, -0.2) is 4.39 Å². The highest BCUT2D eigenvalue weighted by molar-refractivity contribution is 5.66. The van der Waals surface area contributed by atoms with Gasteiger partial charge in [-0.1, -0.05) is 17.7 Å². The summed E-state index contributed by atoms with van der Waals surface area (Å²) in [5, 5.41) is 9.12. The summed E-state index contributed by atoms with van der Waals surface area (Å²) >= 11 is 0. The van der Waals surface area contributed by atoms with Crippen molar-refractivity contribution in [2.45, 2.75) is 12.8 Å². The molecule has 68 valence electrons. The maximum absolute atomic E-state index is 12.8. The van der Waals surface area contributed by atoms with Crippen LogP contribution in [0.1, 0.15) is 24.0 Å². The lowest BCUT2D eigenvalue weighted by Crippen LogP contribution is -2.02. The number of rotatable bonds is 1. The van der Waals surface area contributed by atoms with E-state index in [9.17, 15) is 4.39 Å². The predicted octanol–water partition coefficient (Wildman–Crippen LogP) is 2.32. The van der Waals surface area contributed by atoms with E-state index in [4.69, 9.17) is 5.11 Å². The number of fused-ring (bicyclic) bond motifs is 1. The molecule has 0 heterocycles. The maximum Gasteiger partial charge on any atom is 0.123 e. The summed E-state index contributed by atoms with van der Waals surface area (Å²) in [5.74, 6) is -0.156. The first kappa shape index (κ1) is 8.45. The summed E-state index contributed by atoms with van der Waals surface area (Å²) in [6, 6.07) is 4.70. The van der Waals surface area contributed by atoms with E-state index < -0.39 is 0 Å². The molecule has 0 fully saturated rings. The molecule has 1 aromatic rings. The first-order valence-electron chi connectivity index (χ1n) is 4.31. The van der Waals surface area contributed by atoms with Crippen LogP contribution in [-0.4, -0.2) is 11.7 Å². The molecule has 1 unspecified atom stereocenters. The van der Waals surface area contributed by atoms with Crippen molar-refractivity contribution in [2.75, 3.05) is 6.61 Å². The molecule has 1 aliphatic rings. The van der Waals surface area contributed by atoms with Crippen LogP contribution in [-0.2, 0) is 0 Å². The first-order valence-corrected chi connectivity index (χ1v) is 4.31. The lowest BCUT2D eigenvalue weighted by molar-refractivity contribution is 0.280. The van der Waals surface area contributed by atoms with E-state index in [1.54, 1.807) is 6.07 Å². The molecule has 1 N–H and O–H groups in total. The Morgan fingerprint density at radius 2 is 2.23 bits per heavy atom. The number of aliphatic hydroxyl groups is 1. The zero-order valence-electron chi connectivity index (χ0n) is 7.42. The number of hydrogen-bond acceptors (Lipinski definition) is 1. The van der Waals surface area contributed by atoms with Gasteiger partial charge in [0.25, 0.3) is 0 Å². The Morgan fingerprint density at radius 1 is 1.46 bits per heavy atom. The molecule has 0 bridgehead atoms. The van der Waals surface area contributed by atoms with Gasteiger partial charge in [0.1, 0.15) is 5.82 Å². The van der Waals surface area contributed by atoms with Gasteiger partial charge in [0.2, 0.25) is 0 Å². The lowest BCUT2D eigenvalue weighted by atomic mass is 9.98. The highest BCUT2D eigenvalue weighted by atomic mass is 19.1. The number of aliphatic hydroxyl groups excluding tert-OH is 1. The molecule has 0 amide bonds. The second kappa shape index (κ2) is 2.96. The Morgan fingerprint density at radius 3 is 2.92 bits per heavy atom. The van der Waals surface area contributed by atoms with Gasteiger partial charge in [0.05, 0.1) is 6.61 Å². The summed E-state index contributed by atoms with van der Waals surface area (Å²) in [5.41, 5.74) is 3.03. The van der Waals surface area contributed by atoms with Crippen LogP contribution in [0.25, 0.3) is 6.08 Å². The van der Waals surface area contributed by atoms with Crippen molar-refractivity contribution in [3.8, 4) is 0 Å². The van der Waals surface area contributed by atoms with Crippen molar-refractivity contribution in [3.05, 3.63) is 40.7 Å². The molecule has 1 aromatic carbocycles. The van der Waals surface area contributed by atoms with Gasteiger partial charge in [0.15, 0.2) is 0 Å². The van der Waals surface area contributed by atoms with Crippen molar-refractivity contribution in [1.82, 2.24) is 0 Å². The number of hydrogen-bond donors (Lipinski definition) is 1. The minimum Gasteiger partial charge on any atom is -0.395 e. The summed E-state index contributed by atoms with van der Waals surface area (Å²) in [7, 11) is 0. The topological polar surface area (TPSA) is 20.2 Å². The van der Waals surface area contributed by atoms with E-state index in [1.807, 2.05) is 13.0 Å². The normalized spacial score (nSPS) is 19.9. The quantitative estimate of drug-likeness (QED) is 0.699. The van der Waals surface area contributed by atoms with Crippen molar-refractivity contribution in [3.63, 3.8) is 0 Å². The van der Waals surface area contributed by atoms with Crippen LogP contribution in [0.5, 0.6) is 0 Å². The van der Waals surface area contributed by atoms with E-state index >= 15 is 0 Å². The third kappa shape index (κ3) is 1.27. The van der Waals surface area contributed by atoms with Gasteiger partial charge < -0.3 is 5.11 Å². The van der Waals surface area contributed by atoms with E-state index in [2.05, 4.69) is 0 Å². The third-order valence-electron chi connectivity index (χ3n) is 2.54. The van der Waals surface area contributed by atoms with Gasteiger partial charge >= 0.3 is 0 Å². The Balaban J connectivity index is 2.51. The van der Waals surface area contributed by atoms with E-state index in [1.165, 1.54) is 12.1 Å². The van der Waals surface area contributed by atoms with Crippen LogP contribution < -0.4 is 0 Å². The average Bonchev–Trinajstić information content (AvgIpc) is 2.39. The van der Waals surface area contributed by atoms with E-state index in [-0.39, 0.29) is 18.3 Å². The van der Waals surface area contributed by atoms with Crippen LogP contribution in [0.2, 0.25) is 0 Å². The third-order valence-corrected chi connectivity index (χ3v) is 2.54. The SMILES string of the molecule is CC1=Cc2cc(F)ccc2C1CO. The molecule has 1 aliphatic carbocycles. The molecular weight excluding hydrogens is 167 g/mol. The fraction of sp³-hybridized carbons (Fsp3) is 0.273. The number of halogens is 1. The van der Waals surface area contributed by atoms with Crippen molar-refractivity contribution >= 4 is 6.08 Å². The van der Waals surface area contributed by atoms with Gasteiger partial charge in [-0.3, -0.25) is 0 Å². The second-order valence-corrected chi connectivity index (χ2v) is 3.40. The van der Waals surface area contributed by atoms with Crippen LogP contribution in [0.3, 0.4) is 0 Å². The second-order valence-electron chi connectivity index (χ2n) is 3.40. The molecule has 13 heavy (non-hydrogen) atoms. The summed E-state index contributed by atoms with van der Waals surface area (Å²) < 4.78 is 12.8. The minimum atomic E-state index is -0.221. The summed E-state index contributed by atoms with van der Waals surface area (Å²) in [6.07, 6.45) is 1.93. The Kier molecular flexibility index (Phi) is 1.93. The Hall–Kier alpha value is -1.15. The highest BCUT2D eigenvalue weighted by Crippen LogP contribution is 2.35. The molecule has 0 spiro atoms. The fourth-order valence-corrected chi connectivity index (χ4v) is 1.82. The minimum absolute atomic E-state index is 0.0654. The summed E-state index contributed by atoms with van der Waals surface area (Å²) in [6.45, 7) is 2.06. The molecular formula is C11H11FO. The van der Waals surface area contributed by atoms with Crippen molar-refractivity contribution in [1.29, 1.82) is 0 Å². The fourth-order valence-electron chi connectivity index (χ4n) is 1.82. The van der Waals surface area contributed by atoms with Gasteiger partial charge in [0, 0.05) is 5.92 Å². The van der Waals surface area contributed by atoms with Gasteiger partial charge in [-0.05, 0) is 30.2 Å². The van der Waals surface area contributed by atoms with Crippen LogP contribution in [0, 0.1) is 5.82 Å². The molecule has 0 aliphatic heterocycles. The molecule has 0 saturated carbocycles. The van der Waals surface area contributed by atoms with E-state index in [0.717, 1.165) is 16.7 Å². The largest absolute Gasteiger partial charge is 0.395 e. The molecule has 1 atom stereocenters. The van der Waals surface area contributed by atoms with Crippen LogP contribution in [0.15, 0.2) is 23.8 Å². The predicted molar refractivity (Wildman–Crippen MR) is 49.9 cm³/mol. The van der Waals surface area contributed by atoms with Crippen molar-refractivity contribution < 1.29 is 9.50 Å². The van der Waals surface area contributed by atoms with Crippen LogP contribution >= 0.6 is 0 Å². The zero-order chi connectivity index (χ0) is 9.42. The van der Waals surface area contributed by atoms with Gasteiger partial charge in [-0.2, -0.15) is 0 Å². The standard InChI is InChI=1S/C11H11FO/c1-7-4-8-5-9(12)2-3-10(8)11(7)6-13/h2-5,11,13H,6H2,1H3. The average molecular weight is 178 g/mol. The zero-order valence-corrected chi connectivity index (χ0v) is 7.42. The molecule has 2 heteroatoms. The van der Waals surface area contributed by atoms with Crippen molar-refractivity contribution in [2.24, 2.45) is 0 Å². The van der Waals surface area contributed by atoms with Gasteiger partial charge in [-0.15, -0.1) is 0 Å². The number of benzene rings is 1. The molecule has 0 aromatic heterocycles. The smallest absolute Gasteiger partial charge is 0.123 e. The molecule has 2 rings (SSSR count). The highest BCUT2D eigenvalue weighted by Gasteiger charge is 2.21. The lowest BCUT2D eigenvalue weighted by Gasteiger charge is -2.09. The maximum atomic E-state index is 12.8. The molecule has 0 radical (unpaired) electrons.